The van der Waals surface area contributed by atoms with Gasteiger partial charge in [0.25, 0.3) is 10.1 Å². The Balaban J connectivity index is 1.47. The molecule has 4 rings (SSSR count). The van der Waals surface area contributed by atoms with E-state index in [1.165, 1.54) is 0 Å². The minimum absolute atomic E-state index is 0.0767. The number of nitrogens with zero attached hydrogens (tertiary/aromatic N) is 4. The number of hydrogen-bond acceptors (Lipinski definition) is 8. The fraction of sp³-hybridized carbons (Fsp3) is 0.667. The Morgan fingerprint density at radius 2 is 1.91 bits per heavy atom. The Labute approximate surface area is 256 Å². The highest BCUT2D eigenvalue weighted by atomic mass is 32.2. The zero-order valence-electron chi connectivity index (χ0n) is 26.6. The van der Waals surface area contributed by atoms with Crippen molar-refractivity contribution in [3.05, 3.63) is 30.2 Å². The molecule has 0 amide bonds. The van der Waals surface area contributed by atoms with Crippen molar-refractivity contribution in [2.24, 2.45) is 13.0 Å². The molecule has 43 heavy (non-hydrogen) atoms. The molecule has 0 radical (unpaired) electrons. The van der Waals surface area contributed by atoms with E-state index in [-0.39, 0.29) is 22.9 Å². The molecule has 1 aliphatic heterocycles. The van der Waals surface area contributed by atoms with Gasteiger partial charge in [-0.15, -0.1) is 0 Å². The third-order valence-electron chi connectivity index (χ3n) is 8.35. The van der Waals surface area contributed by atoms with Crippen molar-refractivity contribution in [3.63, 3.8) is 0 Å². The third kappa shape index (κ3) is 8.89. The van der Waals surface area contributed by atoms with Gasteiger partial charge in [0, 0.05) is 31.8 Å². The van der Waals surface area contributed by atoms with Crippen molar-refractivity contribution < 1.29 is 31.6 Å². The molecular formula is C30H48N4O7SSi. The maximum Gasteiger partial charge on any atom is 0.265 e. The monoisotopic (exact) mass is 636 g/mol. The second-order valence-corrected chi connectivity index (χ2v) is 19.3. The van der Waals surface area contributed by atoms with Crippen LogP contribution in [-0.4, -0.2) is 72.8 Å². The van der Waals surface area contributed by atoms with Gasteiger partial charge in [-0.3, -0.25) is 4.55 Å². The van der Waals surface area contributed by atoms with Crippen LogP contribution in [0.25, 0.3) is 22.3 Å². The van der Waals surface area contributed by atoms with Crippen molar-refractivity contribution in [1.82, 2.24) is 19.3 Å². The van der Waals surface area contributed by atoms with E-state index in [1.54, 1.807) is 6.92 Å². The Morgan fingerprint density at radius 3 is 2.58 bits per heavy atom. The lowest BCUT2D eigenvalue weighted by molar-refractivity contribution is -0.0365. The van der Waals surface area contributed by atoms with Crippen LogP contribution in [0.3, 0.4) is 0 Å². The predicted octanol–water partition coefficient (Wildman–Crippen LogP) is 5.97. The number of ether oxygens (including phenoxy) is 3. The van der Waals surface area contributed by atoms with Crippen LogP contribution < -0.4 is 4.43 Å². The van der Waals surface area contributed by atoms with Crippen LogP contribution in [-0.2, 0) is 38.0 Å². The van der Waals surface area contributed by atoms with Crippen LogP contribution in [0.15, 0.2) is 24.4 Å². The van der Waals surface area contributed by atoms with Gasteiger partial charge < -0.3 is 23.2 Å². The van der Waals surface area contributed by atoms with Crippen molar-refractivity contribution in [3.8, 4) is 17.1 Å². The summed E-state index contributed by atoms with van der Waals surface area (Å²) in [6, 6.07) is 6.22. The van der Waals surface area contributed by atoms with E-state index in [0.717, 1.165) is 59.7 Å². The smallest absolute Gasteiger partial charge is 0.265 e. The third-order valence-corrected chi connectivity index (χ3v) is 13.7. The molecule has 0 bridgehead atoms. The first-order chi connectivity index (χ1) is 20.1. The quantitative estimate of drug-likeness (QED) is 0.129. The first-order valence-electron chi connectivity index (χ1n) is 15.1. The molecule has 2 atom stereocenters. The number of aromatic nitrogens is 4. The Morgan fingerprint density at radius 1 is 1.16 bits per heavy atom. The van der Waals surface area contributed by atoms with Crippen LogP contribution in [0.1, 0.15) is 65.4 Å². The maximum absolute atomic E-state index is 11.0. The summed E-state index contributed by atoms with van der Waals surface area (Å²) < 4.78 is 59.0. The van der Waals surface area contributed by atoms with Crippen LogP contribution in [0.5, 0.6) is 5.75 Å². The molecule has 0 aliphatic carbocycles. The highest BCUT2D eigenvalue weighted by Gasteiger charge is 2.39. The molecule has 2 unspecified atom stereocenters. The van der Waals surface area contributed by atoms with Gasteiger partial charge in [0.2, 0.25) is 8.32 Å². The lowest BCUT2D eigenvalue weighted by atomic mass is 10.1. The number of benzene rings is 1. The number of rotatable bonds is 14. The molecule has 1 aliphatic rings. The lowest BCUT2D eigenvalue weighted by Gasteiger charge is -2.36. The standard InChI is InChI=1S/C30H48N4O7SSi/c1-22(21-42(35,36)37)13-15-38-16-17-39-20-27-31-25(19-33(27)5)29-24-18-23(41-43(6,7)30(2,3)4)11-12-26(24)34(32-29)28-10-8-9-14-40-28/h11-12,18-19,22,28H,8-10,13-17,20-21H2,1-7H3,(H,35,36,37). The summed E-state index contributed by atoms with van der Waals surface area (Å²) in [7, 11) is -4.06. The predicted molar refractivity (Wildman–Crippen MR) is 169 cm³/mol. The molecule has 3 aromatic rings. The van der Waals surface area contributed by atoms with Crippen LogP contribution >= 0.6 is 0 Å². The largest absolute Gasteiger partial charge is 0.543 e. The normalized spacial score (nSPS) is 17.4. The molecule has 1 fully saturated rings. The van der Waals surface area contributed by atoms with Gasteiger partial charge in [0.05, 0.1) is 24.5 Å². The first-order valence-corrected chi connectivity index (χ1v) is 19.6. The van der Waals surface area contributed by atoms with Crippen molar-refractivity contribution in [2.45, 2.75) is 84.3 Å². The zero-order chi connectivity index (χ0) is 31.4. The number of hydrogen-bond donors (Lipinski definition) is 1. The van der Waals surface area contributed by atoms with Gasteiger partial charge in [-0.25, -0.2) is 9.67 Å². The lowest BCUT2D eigenvalue weighted by Crippen LogP contribution is -2.43. The van der Waals surface area contributed by atoms with Gasteiger partial charge in [-0.1, -0.05) is 27.7 Å². The number of aryl methyl sites for hydroxylation is 1. The van der Waals surface area contributed by atoms with E-state index < -0.39 is 18.4 Å². The van der Waals surface area contributed by atoms with E-state index in [9.17, 15) is 8.42 Å². The summed E-state index contributed by atoms with van der Waals surface area (Å²) in [5.74, 6) is 1.17. The van der Waals surface area contributed by atoms with Crippen molar-refractivity contribution in [1.29, 1.82) is 0 Å². The zero-order valence-corrected chi connectivity index (χ0v) is 28.4. The fourth-order valence-corrected chi connectivity index (χ4v) is 6.73. The van der Waals surface area contributed by atoms with Gasteiger partial charge in [0.15, 0.2) is 6.23 Å². The summed E-state index contributed by atoms with van der Waals surface area (Å²) >= 11 is 0. The molecule has 0 spiro atoms. The molecule has 13 heteroatoms. The van der Waals surface area contributed by atoms with Gasteiger partial charge in [-0.05, 0) is 67.9 Å². The maximum atomic E-state index is 11.0. The summed E-state index contributed by atoms with van der Waals surface area (Å²) in [6.07, 6.45) is 5.49. The SMILES string of the molecule is CC(CCOCCOCc1nc(-c2nn(C3CCCCO3)c3ccc(O[Si](C)(C)C(C)(C)C)cc23)cn1C)CS(=O)(=O)O. The highest BCUT2D eigenvalue weighted by molar-refractivity contribution is 7.85. The highest BCUT2D eigenvalue weighted by Crippen LogP contribution is 2.39. The minimum Gasteiger partial charge on any atom is -0.543 e. The molecule has 3 heterocycles. The Kier molecular flexibility index (Phi) is 10.8. The summed E-state index contributed by atoms with van der Waals surface area (Å²) in [6.45, 7) is 15.2. The Bertz CT molecular complexity index is 1470. The van der Waals surface area contributed by atoms with E-state index in [0.29, 0.717) is 32.8 Å². The summed E-state index contributed by atoms with van der Waals surface area (Å²) in [4.78, 5) is 4.89. The average Bonchev–Trinajstić information content (AvgIpc) is 3.46. The topological polar surface area (TPSA) is 127 Å². The molecule has 1 N–H and O–H groups in total. The summed E-state index contributed by atoms with van der Waals surface area (Å²) in [5.41, 5.74) is 2.54. The molecule has 2 aromatic heterocycles. The van der Waals surface area contributed by atoms with Gasteiger partial charge in [-0.2, -0.15) is 13.5 Å². The Hall–Kier alpha value is -2.29. The van der Waals surface area contributed by atoms with E-state index in [4.69, 9.17) is 33.3 Å². The van der Waals surface area contributed by atoms with Crippen LogP contribution in [0, 0.1) is 5.92 Å². The molecule has 1 aromatic carbocycles. The molecule has 0 saturated carbocycles. The van der Waals surface area contributed by atoms with E-state index >= 15 is 0 Å². The fourth-order valence-electron chi connectivity index (χ4n) is 4.82. The number of fused-ring (bicyclic) bond motifs is 1. The molecule has 1 saturated heterocycles. The average molecular weight is 637 g/mol. The van der Waals surface area contributed by atoms with Crippen molar-refractivity contribution >= 4 is 29.3 Å². The summed E-state index contributed by atoms with van der Waals surface area (Å²) in [5, 5.41) is 6.10. The first kappa shape index (κ1) is 33.6. The van der Waals surface area contributed by atoms with Crippen LogP contribution in [0.4, 0.5) is 0 Å². The molecule has 11 nitrogen and oxygen atoms in total. The van der Waals surface area contributed by atoms with Gasteiger partial charge >= 0.3 is 0 Å². The molecule has 240 valence electrons. The van der Waals surface area contributed by atoms with Crippen molar-refractivity contribution in [2.75, 3.05) is 32.2 Å². The van der Waals surface area contributed by atoms with Gasteiger partial charge in [0.1, 0.15) is 29.6 Å². The minimum atomic E-state index is -3.97. The second-order valence-electron chi connectivity index (χ2n) is 13.1. The van der Waals surface area contributed by atoms with Crippen LogP contribution in [0.2, 0.25) is 18.1 Å². The number of imidazole rings is 1. The van der Waals surface area contributed by atoms with E-state index in [1.807, 2.05) is 28.6 Å². The van der Waals surface area contributed by atoms with E-state index in [2.05, 4.69) is 46.0 Å². The molecular weight excluding hydrogens is 589 g/mol. The second kappa shape index (κ2) is 13.8.